The van der Waals surface area contributed by atoms with Crippen molar-refractivity contribution in [2.45, 2.75) is 90.7 Å². The van der Waals surface area contributed by atoms with Crippen LogP contribution in [-0.4, -0.2) is 25.2 Å². The van der Waals surface area contributed by atoms with Gasteiger partial charge in [0.2, 0.25) is 0 Å². The first-order valence-corrected chi connectivity index (χ1v) is 11.8. The fourth-order valence-corrected chi connectivity index (χ4v) is 8.36. The molecule has 4 rings (SSSR count). The summed E-state index contributed by atoms with van der Waals surface area (Å²) < 4.78 is 41.5. The summed E-state index contributed by atoms with van der Waals surface area (Å²) in [5.74, 6) is 3.21. The van der Waals surface area contributed by atoms with Gasteiger partial charge in [0.1, 0.15) is 12.4 Å². The number of halogens is 3. The third kappa shape index (κ3) is 3.90. The average molecular weight is 415 g/mol. The van der Waals surface area contributed by atoms with Gasteiger partial charge < -0.3 is 4.74 Å². The Balaban J connectivity index is 1.41. The Morgan fingerprint density at radius 1 is 0.931 bits per heavy atom. The molecule has 0 heterocycles. The molecule has 0 saturated heterocycles. The lowest BCUT2D eigenvalue weighted by Gasteiger charge is -2.60. The Labute approximate surface area is 173 Å². The topological polar surface area (TPSA) is 26.3 Å². The van der Waals surface area contributed by atoms with Crippen LogP contribution >= 0.6 is 0 Å². The molecule has 0 aromatic carbocycles. The molecular weight excluding hydrogens is 377 g/mol. The van der Waals surface area contributed by atoms with Crippen LogP contribution in [0.1, 0.15) is 84.5 Å². The molecule has 0 amide bonds. The molecule has 29 heavy (non-hydrogen) atoms. The van der Waals surface area contributed by atoms with E-state index >= 15 is 0 Å². The zero-order valence-electron chi connectivity index (χ0n) is 18.0. The van der Waals surface area contributed by atoms with E-state index in [0.29, 0.717) is 11.3 Å². The van der Waals surface area contributed by atoms with Crippen LogP contribution in [-0.2, 0) is 9.53 Å². The Kier molecular flexibility index (Phi) is 5.85. The molecule has 2 nitrogen and oxygen atoms in total. The van der Waals surface area contributed by atoms with Gasteiger partial charge in [0.25, 0.3) is 0 Å². The lowest BCUT2D eigenvalue weighted by atomic mass is 9.45. The molecule has 7 atom stereocenters. The summed E-state index contributed by atoms with van der Waals surface area (Å²) in [6.45, 7) is 3.51. The maximum absolute atomic E-state index is 12.9. The zero-order valence-corrected chi connectivity index (χ0v) is 18.0. The lowest BCUT2D eigenvalue weighted by molar-refractivity contribution is -0.175. The van der Waals surface area contributed by atoms with Crippen molar-refractivity contribution < 1.29 is 22.7 Å². The van der Waals surface area contributed by atoms with Crippen LogP contribution in [0.2, 0.25) is 0 Å². The van der Waals surface area contributed by atoms with Gasteiger partial charge in [-0.2, -0.15) is 13.2 Å². The molecule has 4 saturated carbocycles. The van der Waals surface area contributed by atoms with E-state index < -0.39 is 12.8 Å². The largest absolute Gasteiger partial charge is 0.411 e. The SMILES string of the molecule is C[C@]12CCCC[C@@H]1CC[C@@H]1[C@@H]2CC[C@]2(C)[C@@H](C(=O)CCOCC(F)(F)F)CC[C@@H]12. The normalized spacial score (nSPS) is 44.7. The number of carbonyl (C=O) groups is 1. The van der Waals surface area contributed by atoms with Gasteiger partial charge in [0, 0.05) is 12.3 Å². The van der Waals surface area contributed by atoms with Crippen molar-refractivity contribution in [3.8, 4) is 0 Å². The van der Waals surface area contributed by atoms with Crippen LogP contribution in [0, 0.1) is 40.4 Å². The number of carbonyl (C=O) groups excluding carboxylic acids is 1. The van der Waals surface area contributed by atoms with Crippen molar-refractivity contribution in [1.29, 1.82) is 0 Å². The molecule has 166 valence electrons. The summed E-state index contributed by atoms with van der Waals surface area (Å²) in [4.78, 5) is 12.9. The fourth-order valence-electron chi connectivity index (χ4n) is 8.36. The fraction of sp³-hybridized carbons (Fsp3) is 0.958. The minimum atomic E-state index is -4.32. The molecule has 5 heteroatoms. The van der Waals surface area contributed by atoms with Gasteiger partial charge in [-0.15, -0.1) is 0 Å². The molecule has 0 spiro atoms. The number of hydrogen-bond acceptors (Lipinski definition) is 2. The van der Waals surface area contributed by atoms with Crippen molar-refractivity contribution >= 4 is 5.78 Å². The van der Waals surface area contributed by atoms with Crippen molar-refractivity contribution in [2.24, 2.45) is 40.4 Å². The Morgan fingerprint density at radius 3 is 2.45 bits per heavy atom. The highest BCUT2D eigenvalue weighted by atomic mass is 19.4. The van der Waals surface area contributed by atoms with Crippen LogP contribution in [0.25, 0.3) is 0 Å². The highest BCUT2D eigenvalue weighted by Gasteiger charge is 2.60. The van der Waals surface area contributed by atoms with Gasteiger partial charge in [-0.25, -0.2) is 0 Å². The van der Waals surface area contributed by atoms with Crippen molar-refractivity contribution in [2.75, 3.05) is 13.2 Å². The number of hydrogen-bond donors (Lipinski definition) is 0. The van der Waals surface area contributed by atoms with Gasteiger partial charge >= 0.3 is 6.18 Å². The second-order valence-corrected chi connectivity index (χ2v) is 11.0. The van der Waals surface area contributed by atoms with Gasteiger partial charge in [-0.3, -0.25) is 4.79 Å². The molecule has 0 aromatic heterocycles. The molecule has 0 aliphatic heterocycles. The lowest BCUT2D eigenvalue weighted by Crippen LogP contribution is -2.53. The number of ketones is 1. The molecule has 0 aromatic rings. The molecule has 0 unspecified atom stereocenters. The summed E-state index contributed by atoms with van der Waals surface area (Å²) in [6, 6.07) is 0. The third-order valence-electron chi connectivity index (χ3n) is 9.73. The molecular formula is C24H37F3O2. The van der Waals surface area contributed by atoms with E-state index in [0.717, 1.165) is 37.0 Å². The maximum Gasteiger partial charge on any atom is 0.411 e. The monoisotopic (exact) mass is 414 g/mol. The van der Waals surface area contributed by atoms with Crippen LogP contribution in [0.4, 0.5) is 13.2 Å². The van der Waals surface area contributed by atoms with Crippen molar-refractivity contribution in [1.82, 2.24) is 0 Å². The van der Waals surface area contributed by atoms with E-state index in [1.165, 1.54) is 44.9 Å². The summed E-state index contributed by atoms with van der Waals surface area (Å²) in [5.41, 5.74) is 0.538. The highest BCUT2D eigenvalue weighted by Crippen LogP contribution is 2.67. The van der Waals surface area contributed by atoms with Gasteiger partial charge in [-0.1, -0.05) is 26.7 Å². The molecule has 4 aliphatic rings. The number of Topliss-reactive ketones (excluding diaryl/α,β-unsaturated/α-hetero) is 1. The summed E-state index contributed by atoms with van der Waals surface area (Å²) in [6.07, 6.45) is 8.41. The number of ether oxygens (including phenoxy) is 1. The van der Waals surface area contributed by atoms with Crippen LogP contribution in [0.3, 0.4) is 0 Å². The van der Waals surface area contributed by atoms with E-state index in [1.54, 1.807) is 0 Å². The van der Waals surface area contributed by atoms with Crippen molar-refractivity contribution in [3.05, 3.63) is 0 Å². The molecule has 0 bridgehead atoms. The number of alkyl halides is 3. The van der Waals surface area contributed by atoms with E-state index in [-0.39, 0.29) is 30.1 Å². The van der Waals surface area contributed by atoms with Gasteiger partial charge in [-0.05, 0) is 85.9 Å². The molecule has 4 aliphatic carbocycles. The first kappa shape index (κ1) is 21.6. The highest BCUT2D eigenvalue weighted by molar-refractivity contribution is 5.82. The summed E-state index contributed by atoms with van der Waals surface area (Å²) >= 11 is 0. The Bertz CT molecular complexity index is 618. The Hall–Kier alpha value is -0.580. The van der Waals surface area contributed by atoms with Crippen LogP contribution in [0.5, 0.6) is 0 Å². The van der Waals surface area contributed by atoms with Gasteiger partial charge in [0.15, 0.2) is 0 Å². The number of fused-ring (bicyclic) bond motifs is 5. The van der Waals surface area contributed by atoms with Gasteiger partial charge in [0.05, 0.1) is 6.61 Å². The van der Waals surface area contributed by atoms with Crippen LogP contribution < -0.4 is 0 Å². The van der Waals surface area contributed by atoms with Crippen LogP contribution in [0.15, 0.2) is 0 Å². The van der Waals surface area contributed by atoms with E-state index in [9.17, 15) is 18.0 Å². The molecule has 0 N–H and O–H groups in total. The van der Waals surface area contributed by atoms with E-state index in [1.807, 2.05) is 0 Å². The number of rotatable bonds is 5. The predicted molar refractivity (Wildman–Crippen MR) is 106 cm³/mol. The zero-order chi connectivity index (χ0) is 20.9. The average Bonchev–Trinajstić information content (AvgIpc) is 3.01. The molecule has 4 fully saturated rings. The summed E-state index contributed by atoms with van der Waals surface area (Å²) in [7, 11) is 0. The second-order valence-electron chi connectivity index (χ2n) is 11.0. The molecule has 0 radical (unpaired) electrons. The standard InChI is InChI=1S/C24H37F3O2/c1-22-12-4-3-5-16(22)6-7-17-18-8-9-20(23(18,2)13-10-19(17)22)21(28)11-14-29-15-24(25,26)27/h16-20H,3-15H2,1-2H3/t16-,17+,18+,19+,20-,22+,23+/m1/s1. The first-order chi connectivity index (χ1) is 13.7. The Morgan fingerprint density at radius 2 is 1.69 bits per heavy atom. The first-order valence-electron chi connectivity index (χ1n) is 11.8. The minimum Gasteiger partial charge on any atom is -0.372 e. The quantitative estimate of drug-likeness (QED) is 0.475. The van der Waals surface area contributed by atoms with E-state index in [4.69, 9.17) is 4.74 Å². The third-order valence-corrected chi connectivity index (χ3v) is 9.73. The van der Waals surface area contributed by atoms with Crippen molar-refractivity contribution in [3.63, 3.8) is 0 Å². The minimum absolute atomic E-state index is 0.0137. The van der Waals surface area contributed by atoms with E-state index in [2.05, 4.69) is 13.8 Å². The summed E-state index contributed by atoms with van der Waals surface area (Å²) in [5, 5.41) is 0. The maximum atomic E-state index is 12.9. The smallest absolute Gasteiger partial charge is 0.372 e. The predicted octanol–water partition coefficient (Wildman–Crippen LogP) is 6.57. The second kappa shape index (κ2) is 7.84.